The van der Waals surface area contributed by atoms with Gasteiger partial charge in [-0.1, -0.05) is 0 Å². The van der Waals surface area contributed by atoms with Crippen molar-refractivity contribution in [1.82, 2.24) is 25.2 Å². The van der Waals surface area contributed by atoms with Gasteiger partial charge in [-0.2, -0.15) is 5.10 Å². The molecule has 0 saturated carbocycles. The molecule has 4 rings (SSSR count). The number of nitrogens with zero attached hydrogens (tertiary/aromatic N) is 4. The standard InChI is InChI=1S/C18H21N5O3/c1-25-16-9-14(26-22-16)5-7-17(24)23-8-2-3-13(11-23)15-6-4-12-10-19-21-18(12)20-15/h4,6,9-10,13H,2-3,5,7-8,11H2,1H3,(H,19,20,21)/t13-/m1/s1. The number of hydrogen-bond donors (Lipinski definition) is 1. The van der Waals surface area contributed by atoms with E-state index in [9.17, 15) is 4.79 Å². The van der Waals surface area contributed by atoms with Gasteiger partial charge in [0.25, 0.3) is 5.88 Å². The van der Waals surface area contributed by atoms with Crippen molar-refractivity contribution >= 4 is 16.9 Å². The van der Waals surface area contributed by atoms with E-state index in [1.54, 1.807) is 12.3 Å². The summed E-state index contributed by atoms with van der Waals surface area (Å²) in [5, 5.41) is 11.7. The third-order valence-corrected chi connectivity index (χ3v) is 4.85. The molecule has 136 valence electrons. The topological polar surface area (TPSA) is 97.1 Å². The van der Waals surface area contributed by atoms with Gasteiger partial charge < -0.3 is 14.2 Å². The van der Waals surface area contributed by atoms with Crippen LogP contribution in [-0.2, 0) is 11.2 Å². The number of aryl methyl sites for hydroxylation is 1. The Morgan fingerprint density at radius 2 is 2.38 bits per heavy atom. The van der Waals surface area contributed by atoms with E-state index in [-0.39, 0.29) is 11.8 Å². The zero-order valence-electron chi connectivity index (χ0n) is 14.6. The third kappa shape index (κ3) is 3.40. The summed E-state index contributed by atoms with van der Waals surface area (Å²) in [5.41, 5.74) is 1.81. The van der Waals surface area contributed by atoms with Crippen LogP contribution in [0.5, 0.6) is 5.88 Å². The molecule has 1 atom stereocenters. The summed E-state index contributed by atoms with van der Waals surface area (Å²) in [6, 6.07) is 5.78. The van der Waals surface area contributed by atoms with Gasteiger partial charge in [-0.05, 0) is 30.1 Å². The van der Waals surface area contributed by atoms with Crippen molar-refractivity contribution in [2.45, 2.75) is 31.6 Å². The molecule has 1 aliphatic rings. The molecular formula is C18H21N5O3. The lowest BCUT2D eigenvalue weighted by Crippen LogP contribution is -2.39. The lowest BCUT2D eigenvalue weighted by atomic mass is 9.94. The number of likely N-dealkylation sites (tertiary alicyclic amines) is 1. The lowest BCUT2D eigenvalue weighted by Gasteiger charge is -2.32. The van der Waals surface area contributed by atoms with E-state index in [4.69, 9.17) is 9.26 Å². The number of amides is 1. The summed E-state index contributed by atoms with van der Waals surface area (Å²) in [6.45, 7) is 1.49. The Hall–Kier alpha value is -2.90. The van der Waals surface area contributed by atoms with Gasteiger partial charge in [-0.25, -0.2) is 4.98 Å². The number of rotatable bonds is 5. The molecule has 0 aliphatic carbocycles. The monoisotopic (exact) mass is 355 g/mol. The summed E-state index contributed by atoms with van der Waals surface area (Å²) in [6.07, 6.45) is 4.71. The van der Waals surface area contributed by atoms with E-state index >= 15 is 0 Å². The molecule has 3 aromatic rings. The van der Waals surface area contributed by atoms with Crippen molar-refractivity contribution < 1.29 is 14.1 Å². The van der Waals surface area contributed by atoms with Crippen LogP contribution in [0.15, 0.2) is 28.9 Å². The van der Waals surface area contributed by atoms with Crippen molar-refractivity contribution in [2.24, 2.45) is 0 Å². The normalized spacial score (nSPS) is 17.6. The SMILES string of the molecule is COc1cc(CCC(=O)N2CCC[C@@H](c3ccc4cn[nH]c4n3)C2)on1. The molecule has 0 bridgehead atoms. The summed E-state index contributed by atoms with van der Waals surface area (Å²) in [5.74, 6) is 1.49. The Labute approximate surface area is 150 Å². The number of pyridine rings is 1. The van der Waals surface area contributed by atoms with E-state index in [1.165, 1.54) is 7.11 Å². The third-order valence-electron chi connectivity index (χ3n) is 4.85. The molecule has 3 aromatic heterocycles. The van der Waals surface area contributed by atoms with Gasteiger partial charge in [-0.3, -0.25) is 9.89 Å². The molecule has 1 aliphatic heterocycles. The molecule has 4 heterocycles. The first-order valence-electron chi connectivity index (χ1n) is 8.80. The average molecular weight is 355 g/mol. The van der Waals surface area contributed by atoms with Crippen LogP contribution in [0.1, 0.15) is 36.6 Å². The molecule has 0 radical (unpaired) electrons. The minimum Gasteiger partial charge on any atom is -0.479 e. The summed E-state index contributed by atoms with van der Waals surface area (Å²) in [4.78, 5) is 19.2. The molecule has 1 amide bonds. The highest BCUT2D eigenvalue weighted by atomic mass is 16.5. The van der Waals surface area contributed by atoms with Gasteiger partial charge in [-0.15, -0.1) is 0 Å². The Kier molecular flexibility index (Phi) is 4.55. The second kappa shape index (κ2) is 7.15. The number of aromatic amines is 1. The van der Waals surface area contributed by atoms with Crippen molar-refractivity contribution in [3.05, 3.63) is 35.9 Å². The van der Waals surface area contributed by atoms with E-state index in [1.807, 2.05) is 17.0 Å². The van der Waals surface area contributed by atoms with Crippen molar-refractivity contribution in [3.63, 3.8) is 0 Å². The molecule has 1 fully saturated rings. The number of ether oxygens (including phenoxy) is 1. The second-order valence-corrected chi connectivity index (χ2v) is 6.56. The summed E-state index contributed by atoms with van der Waals surface area (Å²) in [7, 11) is 1.54. The molecule has 1 N–H and O–H groups in total. The first-order valence-corrected chi connectivity index (χ1v) is 8.80. The van der Waals surface area contributed by atoms with Crippen molar-refractivity contribution in [2.75, 3.05) is 20.2 Å². The van der Waals surface area contributed by atoms with Gasteiger partial charge in [0, 0.05) is 49.0 Å². The van der Waals surface area contributed by atoms with Gasteiger partial charge >= 0.3 is 0 Å². The predicted molar refractivity (Wildman–Crippen MR) is 93.8 cm³/mol. The van der Waals surface area contributed by atoms with Crippen LogP contribution in [0.3, 0.4) is 0 Å². The zero-order valence-corrected chi connectivity index (χ0v) is 14.6. The lowest BCUT2D eigenvalue weighted by molar-refractivity contribution is -0.132. The maximum Gasteiger partial charge on any atom is 0.254 e. The quantitative estimate of drug-likeness (QED) is 0.754. The minimum atomic E-state index is 0.132. The maximum atomic E-state index is 12.6. The molecule has 0 spiro atoms. The van der Waals surface area contributed by atoms with E-state index in [0.29, 0.717) is 31.0 Å². The van der Waals surface area contributed by atoms with E-state index in [0.717, 1.165) is 36.1 Å². The van der Waals surface area contributed by atoms with Crippen molar-refractivity contribution in [3.8, 4) is 5.88 Å². The predicted octanol–water partition coefficient (Wildman–Crippen LogP) is 2.29. The van der Waals surface area contributed by atoms with Crippen LogP contribution in [-0.4, -0.2) is 51.3 Å². The fourth-order valence-electron chi connectivity index (χ4n) is 3.41. The fraction of sp³-hybridized carbons (Fsp3) is 0.444. The number of nitrogens with one attached hydrogen (secondary N) is 1. The van der Waals surface area contributed by atoms with Crippen LogP contribution in [0.2, 0.25) is 0 Å². The Bertz CT molecular complexity index is 903. The smallest absolute Gasteiger partial charge is 0.254 e. The molecule has 1 saturated heterocycles. The largest absolute Gasteiger partial charge is 0.479 e. The summed E-state index contributed by atoms with van der Waals surface area (Å²) >= 11 is 0. The molecular weight excluding hydrogens is 334 g/mol. The van der Waals surface area contributed by atoms with Crippen LogP contribution in [0, 0.1) is 0 Å². The number of fused-ring (bicyclic) bond motifs is 1. The fourth-order valence-corrected chi connectivity index (χ4v) is 3.41. The summed E-state index contributed by atoms with van der Waals surface area (Å²) < 4.78 is 10.1. The van der Waals surface area contributed by atoms with Crippen LogP contribution in [0.4, 0.5) is 0 Å². The maximum absolute atomic E-state index is 12.6. The highest BCUT2D eigenvalue weighted by Gasteiger charge is 2.26. The number of carbonyl (C=O) groups is 1. The first kappa shape index (κ1) is 16.6. The Morgan fingerprint density at radius 3 is 3.23 bits per heavy atom. The minimum absolute atomic E-state index is 0.132. The molecule has 8 nitrogen and oxygen atoms in total. The van der Waals surface area contributed by atoms with Crippen LogP contribution in [0.25, 0.3) is 11.0 Å². The number of aromatic nitrogens is 4. The molecule has 26 heavy (non-hydrogen) atoms. The zero-order chi connectivity index (χ0) is 17.9. The van der Waals surface area contributed by atoms with Gasteiger partial charge in [0.15, 0.2) is 5.65 Å². The Balaban J connectivity index is 1.38. The highest BCUT2D eigenvalue weighted by Crippen LogP contribution is 2.27. The highest BCUT2D eigenvalue weighted by molar-refractivity contribution is 5.76. The number of methoxy groups -OCH3 is 1. The van der Waals surface area contributed by atoms with Gasteiger partial charge in [0.1, 0.15) is 5.76 Å². The molecule has 8 heteroatoms. The number of piperidine rings is 1. The Morgan fingerprint density at radius 1 is 1.46 bits per heavy atom. The second-order valence-electron chi connectivity index (χ2n) is 6.56. The van der Waals surface area contributed by atoms with Gasteiger partial charge in [0.2, 0.25) is 5.91 Å². The number of carbonyl (C=O) groups excluding carboxylic acids is 1. The van der Waals surface area contributed by atoms with E-state index < -0.39 is 0 Å². The number of hydrogen-bond acceptors (Lipinski definition) is 6. The first-order chi connectivity index (χ1) is 12.7. The molecule has 0 aromatic carbocycles. The van der Waals surface area contributed by atoms with Crippen LogP contribution >= 0.6 is 0 Å². The van der Waals surface area contributed by atoms with Crippen LogP contribution < -0.4 is 4.74 Å². The van der Waals surface area contributed by atoms with Gasteiger partial charge in [0.05, 0.1) is 13.3 Å². The average Bonchev–Trinajstić information content (AvgIpc) is 3.34. The van der Waals surface area contributed by atoms with E-state index in [2.05, 4.69) is 20.3 Å². The molecule has 0 unspecified atom stereocenters. The number of H-pyrrole nitrogens is 1. The van der Waals surface area contributed by atoms with Crippen molar-refractivity contribution in [1.29, 1.82) is 0 Å².